The number of aromatic nitrogens is 2. The number of ether oxygens (including phenoxy) is 2. The molecule has 1 atom stereocenters. The molecule has 7 aromatic carbocycles. The fraction of sp³-hybridized carbons (Fsp3) is 0.284. The van der Waals surface area contributed by atoms with Crippen LogP contribution in [0.3, 0.4) is 0 Å². The van der Waals surface area contributed by atoms with Gasteiger partial charge < -0.3 is 28.3 Å². The predicted octanol–water partition coefficient (Wildman–Crippen LogP) is 13.6. The monoisotopic (exact) mass is 1090 g/mol. The topological polar surface area (TPSA) is 174 Å². The number of benzene rings is 7. The highest BCUT2D eigenvalue weighted by Gasteiger charge is 2.26. The molecule has 0 N–H and O–H groups in total. The molecule has 0 bridgehead atoms. The summed E-state index contributed by atoms with van der Waals surface area (Å²) < 4.78 is 15.2. The Morgan fingerprint density at radius 1 is 0.519 bits per heavy atom. The number of oxime groups is 2. The molecule has 9 aromatic rings. The van der Waals surface area contributed by atoms with Crippen LogP contribution in [0.5, 0.6) is 0 Å². The van der Waals surface area contributed by atoms with Crippen LogP contribution >= 0.6 is 0 Å². The van der Waals surface area contributed by atoms with Crippen molar-refractivity contribution in [2.24, 2.45) is 21.6 Å². The van der Waals surface area contributed by atoms with Gasteiger partial charge in [0.15, 0.2) is 11.6 Å². The summed E-state index contributed by atoms with van der Waals surface area (Å²) in [5.74, 6) is -2.35. The van der Waals surface area contributed by atoms with Gasteiger partial charge in [-0.15, -0.1) is 0 Å². The van der Waals surface area contributed by atoms with E-state index in [9.17, 15) is 28.8 Å². The number of fused-ring (bicyclic) bond motifs is 8. The first-order valence-electron chi connectivity index (χ1n) is 27.1. The van der Waals surface area contributed by atoms with E-state index in [4.69, 9.17) is 19.1 Å². The lowest BCUT2D eigenvalue weighted by Crippen LogP contribution is -2.19. The Kier molecular flexibility index (Phi) is 16.3. The van der Waals surface area contributed by atoms with Crippen LogP contribution in [0.2, 0.25) is 0 Å². The van der Waals surface area contributed by atoms with Gasteiger partial charge in [-0.25, -0.2) is 9.59 Å². The average molecular weight is 1090 g/mol. The molecule has 0 fully saturated rings. The molecule has 0 aliphatic heterocycles. The zero-order chi connectivity index (χ0) is 58.0. The van der Waals surface area contributed by atoms with Crippen molar-refractivity contribution in [3.63, 3.8) is 0 Å². The van der Waals surface area contributed by atoms with Gasteiger partial charge in [-0.1, -0.05) is 116 Å². The molecule has 2 heterocycles. The van der Waals surface area contributed by atoms with E-state index in [1.165, 1.54) is 13.8 Å². The molecule has 414 valence electrons. The van der Waals surface area contributed by atoms with Gasteiger partial charge in [-0.2, -0.15) is 0 Å². The summed E-state index contributed by atoms with van der Waals surface area (Å²) in [6.07, 6.45) is 1.42. The minimum atomic E-state index is -0.586. The molecule has 9 rings (SSSR count). The van der Waals surface area contributed by atoms with Crippen molar-refractivity contribution in [2.45, 2.75) is 102 Å². The fourth-order valence-electron chi connectivity index (χ4n) is 11.4. The minimum absolute atomic E-state index is 0.0426. The minimum Gasteiger partial charge on any atom is -0.461 e. The van der Waals surface area contributed by atoms with Crippen LogP contribution in [-0.4, -0.2) is 69.2 Å². The average Bonchev–Trinajstić information content (AvgIpc) is 3.93. The van der Waals surface area contributed by atoms with E-state index >= 15 is 0 Å². The second-order valence-corrected chi connectivity index (χ2v) is 22.4. The largest absolute Gasteiger partial charge is 0.461 e. The summed E-state index contributed by atoms with van der Waals surface area (Å²) in [6.45, 7) is 19.9. The van der Waals surface area contributed by atoms with Gasteiger partial charge in [-0.05, 0) is 135 Å². The molecule has 0 aliphatic carbocycles. The summed E-state index contributed by atoms with van der Waals surface area (Å²) in [5, 5.41) is 12.7. The van der Waals surface area contributed by atoms with E-state index in [-0.39, 0.29) is 49.2 Å². The molecule has 0 amide bonds. The number of carbonyl (C=O) groups excluding carboxylic acids is 6. The number of hydrogen-bond donors (Lipinski definition) is 0. The molecular formula is C67H66N4O10. The third kappa shape index (κ3) is 12.3. The van der Waals surface area contributed by atoms with Crippen molar-refractivity contribution >= 4 is 101 Å². The van der Waals surface area contributed by atoms with Crippen molar-refractivity contribution in [2.75, 3.05) is 13.2 Å². The summed E-state index contributed by atoms with van der Waals surface area (Å²) in [5.41, 5.74) is 11.1. The van der Waals surface area contributed by atoms with Crippen LogP contribution in [0.4, 0.5) is 0 Å². The third-order valence-electron chi connectivity index (χ3n) is 14.6. The number of aryl methyl sites for hydroxylation is 4. The Morgan fingerprint density at radius 3 is 1.65 bits per heavy atom. The molecule has 0 spiro atoms. The Hall–Kier alpha value is -9.04. The van der Waals surface area contributed by atoms with E-state index in [1.54, 1.807) is 23.6 Å². The van der Waals surface area contributed by atoms with Crippen molar-refractivity contribution in [1.29, 1.82) is 0 Å². The van der Waals surface area contributed by atoms with Gasteiger partial charge >= 0.3 is 23.9 Å². The number of hydrogen-bond acceptors (Lipinski definition) is 12. The number of ketones is 2. The van der Waals surface area contributed by atoms with Crippen LogP contribution < -0.4 is 0 Å². The maximum Gasteiger partial charge on any atom is 0.331 e. The fourth-order valence-corrected chi connectivity index (χ4v) is 11.4. The Morgan fingerprint density at radius 2 is 1.04 bits per heavy atom. The van der Waals surface area contributed by atoms with Gasteiger partial charge in [-0.3, -0.25) is 19.2 Å². The van der Waals surface area contributed by atoms with Crippen LogP contribution in [-0.2, 0) is 51.4 Å². The quantitative estimate of drug-likeness (QED) is 0.0201. The normalized spacial score (nSPS) is 12.6. The molecular weight excluding hydrogens is 1020 g/mol. The van der Waals surface area contributed by atoms with Gasteiger partial charge in [0.2, 0.25) is 0 Å². The second-order valence-electron chi connectivity index (χ2n) is 22.4. The van der Waals surface area contributed by atoms with Gasteiger partial charge in [0, 0.05) is 85.1 Å². The molecule has 0 saturated heterocycles. The first-order valence-corrected chi connectivity index (χ1v) is 27.1. The predicted molar refractivity (Wildman–Crippen MR) is 317 cm³/mol. The molecule has 0 aliphatic rings. The molecule has 14 nitrogen and oxygen atoms in total. The molecule has 2 aromatic heterocycles. The van der Waals surface area contributed by atoms with Crippen LogP contribution in [0, 0.1) is 39.0 Å². The molecule has 81 heavy (non-hydrogen) atoms. The highest BCUT2D eigenvalue weighted by Crippen LogP contribution is 2.39. The lowest BCUT2D eigenvalue weighted by Gasteiger charge is -2.23. The number of esters is 2. The van der Waals surface area contributed by atoms with E-state index in [1.807, 2.05) is 141 Å². The third-order valence-corrected chi connectivity index (χ3v) is 14.6. The number of nitrogens with zero attached hydrogens (tertiary/aromatic N) is 4. The van der Waals surface area contributed by atoms with Crippen molar-refractivity contribution in [3.8, 4) is 0 Å². The first kappa shape index (κ1) is 56.7. The smallest absolute Gasteiger partial charge is 0.331 e. The van der Waals surface area contributed by atoms with Gasteiger partial charge in [0.1, 0.15) is 26.3 Å². The zero-order valence-electron chi connectivity index (χ0n) is 47.7. The van der Waals surface area contributed by atoms with E-state index in [0.717, 1.165) is 61.2 Å². The van der Waals surface area contributed by atoms with E-state index < -0.39 is 23.9 Å². The highest BCUT2D eigenvalue weighted by molar-refractivity contribution is 6.27. The van der Waals surface area contributed by atoms with Crippen LogP contribution in [0.25, 0.3) is 54.4 Å². The maximum atomic E-state index is 14.9. The maximum absolute atomic E-state index is 14.9. The molecule has 0 radical (unpaired) electrons. The lowest BCUT2D eigenvalue weighted by atomic mass is 9.82. The van der Waals surface area contributed by atoms with Gasteiger partial charge in [0.05, 0.1) is 16.9 Å². The van der Waals surface area contributed by atoms with Crippen molar-refractivity contribution in [1.82, 2.24) is 9.13 Å². The Bertz CT molecular complexity index is 4090. The summed E-state index contributed by atoms with van der Waals surface area (Å²) in [6, 6.07) is 37.7. The Balaban J connectivity index is 1.01. The summed E-state index contributed by atoms with van der Waals surface area (Å²) >= 11 is 0. The van der Waals surface area contributed by atoms with E-state index in [0.29, 0.717) is 73.1 Å². The SMILES string of the molecule is CC(=O)ON=C(C)c1ccc2c(c1)c1cc(C(=O)c3ccccc3C)ccc1n2CC(=O)OCCOC(=O)Cn1c2ccc(C(CC(C)CC(C)(C)C)=NOC(C)=O)cc2c2cc(C(=O)c3c(C)cc(C)cc3C)c3ccccc3c21. The highest BCUT2D eigenvalue weighted by atomic mass is 16.7. The second kappa shape index (κ2) is 23.3. The number of rotatable bonds is 18. The summed E-state index contributed by atoms with van der Waals surface area (Å²) in [4.78, 5) is 90.5. The van der Waals surface area contributed by atoms with E-state index in [2.05, 4.69) is 38.0 Å². The molecule has 14 heteroatoms. The molecule has 1 unspecified atom stereocenters. The van der Waals surface area contributed by atoms with Gasteiger partial charge in [0.25, 0.3) is 0 Å². The lowest BCUT2D eigenvalue weighted by molar-refractivity contribution is -0.152. The van der Waals surface area contributed by atoms with Crippen molar-refractivity contribution in [3.05, 3.63) is 177 Å². The van der Waals surface area contributed by atoms with Crippen molar-refractivity contribution < 1.29 is 47.9 Å². The zero-order valence-corrected chi connectivity index (χ0v) is 47.7. The Labute approximate surface area is 470 Å². The molecule has 0 saturated carbocycles. The number of carbonyl (C=O) groups is 6. The van der Waals surface area contributed by atoms with Crippen LogP contribution in [0.1, 0.15) is 127 Å². The summed E-state index contributed by atoms with van der Waals surface area (Å²) in [7, 11) is 0. The standard InChI is InChI=1S/C67H66N4O10/c1-38-28-41(4)63(42(5)29-38)66(77)56-34-55-54-32-47(57(69-81-45(8)73)30-39(2)35-67(9,10)11)21-24-60(54)71(64(55)51-19-15-14-18-50(51)56)37-62(75)79-27-26-78-61(74)36-70-58-23-20-46(43(6)68-80-44(7)72)31-52(58)53-33-48(22-25-59(53)70)65(76)49-17-13-12-16-40(49)3/h12-25,28-29,31-34,39H,26-27,30,35-37H2,1-11H3. The first-order chi connectivity index (χ1) is 38.6. The van der Waals surface area contributed by atoms with Crippen LogP contribution in [0.15, 0.2) is 132 Å².